The zero-order chi connectivity index (χ0) is 28.0. The number of amides is 2. The first kappa shape index (κ1) is 29.3. The van der Waals surface area contributed by atoms with Crippen molar-refractivity contribution in [2.75, 3.05) is 27.2 Å². The normalized spacial score (nSPS) is 17.5. The van der Waals surface area contributed by atoms with Gasteiger partial charge in [0.1, 0.15) is 6.04 Å². The van der Waals surface area contributed by atoms with Crippen LogP contribution in [-0.2, 0) is 14.4 Å². The van der Waals surface area contributed by atoms with E-state index >= 15 is 0 Å². The summed E-state index contributed by atoms with van der Waals surface area (Å²) >= 11 is 0. The number of nitrogens with zero attached hydrogens (tertiary/aromatic N) is 3. The second-order valence-corrected chi connectivity index (χ2v) is 11.3. The van der Waals surface area contributed by atoms with Gasteiger partial charge < -0.3 is 20.2 Å². The number of nitrogens with one attached hydrogen (secondary N) is 1. The van der Waals surface area contributed by atoms with Crippen LogP contribution in [0.2, 0.25) is 0 Å². The SMILES string of the molecule is Cc1cccc(C)c1-c1cncc([C@H](CC(=O)O)NC(=O)[C@H](CC(C)C)N2CCC(CN(C)C)CC2=O)c1. The number of hydrogen-bond acceptors (Lipinski definition) is 5. The lowest BCUT2D eigenvalue weighted by Gasteiger charge is -2.38. The van der Waals surface area contributed by atoms with Gasteiger partial charge >= 0.3 is 5.97 Å². The Balaban J connectivity index is 1.87. The maximum absolute atomic E-state index is 13.7. The van der Waals surface area contributed by atoms with E-state index in [0.29, 0.717) is 24.9 Å². The zero-order valence-corrected chi connectivity index (χ0v) is 23.5. The first-order valence-electron chi connectivity index (χ1n) is 13.4. The third kappa shape index (κ3) is 7.63. The van der Waals surface area contributed by atoms with Crippen LogP contribution in [0.4, 0.5) is 0 Å². The number of aromatic nitrogens is 1. The van der Waals surface area contributed by atoms with E-state index in [1.807, 2.05) is 66.1 Å². The van der Waals surface area contributed by atoms with Gasteiger partial charge in [0.05, 0.1) is 12.5 Å². The maximum atomic E-state index is 13.7. The molecule has 1 aliphatic heterocycles. The predicted octanol–water partition coefficient (Wildman–Crippen LogP) is 4.21. The number of aliphatic carboxylic acids is 1. The van der Waals surface area contributed by atoms with Crippen molar-refractivity contribution in [2.45, 2.75) is 65.5 Å². The molecule has 0 spiro atoms. The van der Waals surface area contributed by atoms with E-state index in [2.05, 4.69) is 15.2 Å². The van der Waals surface area contributed by atoms with Crippen molar-refractivity contribution in [3.8, 4) is 11.1 Å². The highest BCUT2D eigenvalue weighted by Crippen LogP contribution is 2.30. The van der Waals surface area contributed by atoms with Gasteiger partial charge in [0.2, 0.25) is 11.8 Å². The van der Waals surface area contributed by atoms with E-state index in [0.717, 1.165) is 35.2 Å². The number of benzene rings is 1. The molecule has 2 amide bonds. The van der Waals surface area contributed by atoms with E-state index in [-0.39, 0.29) is 30.1 Å². The Labute approximate surface area is 226 Å². The molecule has 0 saturated carbocycles. The number of carboxylic acid groups (broad SMARTS) is 1. The number of aryl methyl sites for hydroxylation is 2. The molecule has 0 radical (unpaired) electrons. The molecule has 1 aromatic carbocycles. The molecule has 2 heterocycles. The summed E-state index contributed by atoms with van der Waals surface area (Å²) in [6.07, 6.45) is 4.86. The van der Waals surface area contributed by atoms with Crippen molar-refractivity contribution >= 4 is 17.8 Å². The number of rotatable bonds is 11. The minimum Gasteiger partial charge on any atom is -0.481 e. The number of hydrogen-bond donors (Lipinski definition) is 2. The molecule has 8 heteroatoms. The van der Waals surface area contributed by atoms with Gasteiger partial charge in [-0.2, -0.15) is 0 Å². The molecule has 38 heavy (non-hydrogen) atoms. The highest BCUT2D eigenvalue weighted by Gasteiger charge is 2.36. The Kier molecular flexibility index (Phi) is 10.0. The van der Waals surface area contributed by atoms with E-state index in [1.165, 1.54) is 0 Å². The molecule has 1 aliphatic rings. The van der Waals surface area contributed by atoms with E-state index in [9.17, 15) is 19.5 Å². The molecule has 2 N–H and O–H groups in total. The molecule has 8 nitrogen and oxygen atoms in total. The second kappa shape index (κ2) is 13.0. The molecule has 3 rings (SSSR count). The van der Waals surface area contributed by atoms with E-state index in [4.69, 9.17) is 0 Å². The first-order valence-corrected chi connectivity index (χ1v) is 13.4. The second-order valence-electron chi connectivity index (χ2n) is 11.3. The van der Waals surface area contributed by atoms with Gasteiger partial charge in [-0.15, -0.1) is 0 Å². The number of pyridine rings is 1. The molecule has 1 unspecified atom stereocenters. The van der Waals surface area contributed by atoms with E-state index in [1.54, 1.807) is 17.3 Å². The van der Waals surface area contributed by atoms with Gasteiger partial charge in [-0.05, 0) is 80.9 Å². The van der Waals surface area contributed by atoms with Crippen molar-refractivity contribution in [3.05, 3.63) is 53.3 Å². The van der Waals surface area contributed by atoms with Gasteiger partial charge in [-0.25, -0.2) is 0 Å². The van der Waals surface area contributed by atoms with Crippen LogP contribution in [0.3, 0.4) is 0 Å². The fraction of sp³-hybridized carbons (Fsp3) is 0.533. The molecular weight excluding hydrogens is 480 g/mol. The highest BCUT2D eigenvalue weighted by atomic mass is 16.4. The summed E-state index contributed by atoms with van der Waals surface area (Å²) in [6.45, 7) is 9.47. The maximum Gasteiger partial charge on any atom is 0.305 e. The lowest BCUT2D eigenvalue weighted by atomic mass is 9.92. The van der Waals surface area contributed by atoms with Crippen molar-refractivity contribution in [3.63, 3.8) is 0 Å². The smallest absolute Gasteiger partial charge is 0.305 e. The van der Waals surface area contributed by atoms with Crippen LogP contribution in [-0.4, -0.2) is 70.9 Å². The molecule has 1 fully saturated rings. The summed E-state index contributed by atoms with van der Waals surface area (Å²) in [5, 5.41) is 12.6. The van der Waals surface area contributed by atoms with Crippen molar-refractivity contribution in [1.29, 1.82) is 0 Å². The molecule has 0 aliphatic carbocycles. The van der Waals surface area contributed by atoms with Crippen LogP contribution >= 0.6 is 0 Å². The van der Waals surface area contributed by atoms with Gasteiger partial charge in [-0.3, -0.25) is 19.4 Å². The average molecular weight is 523 g/mol. The van der Waals surface area contributed by atoms with Crippen LogP contribution < -0.4 is 5.32 Å². The monoisotopic (exact) mass is 522 g/mol. The molecular formula is C30H42N4O4. The fourth-order valence-electron chi connectivity index (χ4n) is 5.49. The lowest BCUT2D eigenvalue weighted by molar-refractivity contribution is -0.145. The van der Waals surface area contributed by atoms with Gasteiger partial charge in [0.25, 0.3) is 0 Å². The third-order valence-corrected chi connectivity index (χ3v) is 7.19. The summed E-state index contributed by atoms with van der Waals surface area (Å²) in [4.78, 5) is 46.8. The van der Waals surface area contributed by atoms with E-state index < -0.39 is 18.1 Å². The Morgan fingerprint density at radius 3 is 2.45 bits per heavy atom. The third-order valence-electron chi connectivity index (χ3n) is 7.19. The lowest BCUT2D eigenvalue weighted by Crippen LogP contribution is -2.54. The summed E-state index contributed by atoms with van der Waals surface area (Å²) in [6, 6.07) is 6.55. The van der Waals surface area contributed by atoms with Crippen LogP contribution in [0.25, 0.3) is 11.1 Å². The summed E-state index contributed by atoms with van der Waals surface area (Å²) in [7, 11) is 4.00. The largest absolute Gasteiger partial charge is 0.481 e. The molecule has 1 saturated heterocycles. The Bertz CT molecular complexity index is 1130. The zero-order valence-electron chi connectivity index (χ0n) is 23.5. The van der Waals surface area contributed by atoms with Gasteiger partial charge in [0.15, 0.2) is 0 Å². The van der Waals surface area contributed by atoms with Crippen molar-refractivity contribution in [1.82, 2.24) is 20.1 Å². The average Bonchev–Trinajstić information content (AvgIpc) is 2.82. The van der Waals surface area contributed by atoms with Gasteiger partial charge in [-0.1, -0.05) is 32.0 Å². The Hall–Kier alpha value is -3.26. The van der Waals surface area contributed by atoms with Crippen LogP contribution in [0.5, 0.6) is 0 Å². The number of carbonyl (C=O) groups is 3. The number of carboxylic acids is 1. The summed E-state index contributed by atoms with van der Waals surface area (Å²) < 4.78 is 0. The molecule has 2 aromatic rings. The quantitative estimate of drug-likeness (QED) is 0.458. The van der Waals surface area contributed by atoms with Crippen LogP contribution in [0, 0.1) is 25.7 Å². The molecule has 3 atom stereocenters. The minimum absolute atomic E-state index is 0.0163. The van der Waals surface area contributed by atoms with Crippen LogP contribution in [0.15, 0.2) is 36.7 Å². The fourth-order valence-corrected chi connectivity index (χ4v) is 5.49. The molecule has 206 valence electrons. The topological polar surface area (TPSA) is 103 Å². The summed E-state index contributed by atoms with van der Waals surface area (Å²) in [5.41, 5.74) is 4.73. The molecule has 1 aromatic heterocycles. The predicted molar refractivity (Wildman–Crippen MR) is 149 cm³/mol. The number of piperidine rings is 1. The highest BCUT2D eigenvalue weighted by molar-refractivity contribution is 5.88. The van der Waals surface area contributed by atoms with Crippen LogP contribution in [0.1, 0.15) is 62.3 Å². The Morgan fingerprint density at radius 2 is 1.87 bits per heavy atom. The van der Waals surface area contributed by atoms with Crippen molar-refractivity contribution < 1.29 is 19.5 Å². The number of carbonyl (C=O) groups excluding carboxylic acids is 2. The minimum atomic E-state index is -1.02. The van der Waals surface area contributed by atoms with Crippen molar-refractivity contribution in [2.24, 2.45) is 11.8 Å². The number of likely N-dealkylation sites (tertiary alicyclic amines) is 1. The Morgan fingerprint density at radius 1 is 1.18 bits per heavy atom. The standard InChI is InChI=1S/C30H42N4O4/c1-19(2)12-26(34-11-10-22(13-27(34)35)18-33(5)6)30(38)32-25(15-28(36)37)23-14-24(17-31-16-23)29-20(3)8-7-9-21(29)4/h7-9,14,16-17,19,22,25-26H,10-13,15,18H2,1-6H3,(H,32,38)(H,36,37)/t22?,25-,26-/m0/s1. The molecule has 0 bridgehead atoms. The van der Waals surface area contributed by atoms with Gasteiger partial charge in [0, 0.05) is 37.5 Å². The summed E-state index contributed by atoms with van der Waals surface area (Å²) in [5.74, 6) is -0.895. The first-order chi connectivity index (χ1) is 18.0.